The number of hydrogen-bond acceptors (Lipinski definition) is 7. The lowest BCUT2D eigenvalue weighted by molar-refractivity contribution is -0.385. The Balaban J connectivity index is 1.53. The summed E-state index contributed by atoms with van der Waals surface area (Å²) in [6.45, 7) is 0. The van der Waals surface area contributed by atoms with Crippen molar-refractivity contribution in [3.63, 3.8) is 0 Å². The van der Waals surface area contributed by atoms with E-state index in [0.29, 0.717) is 40.5 Å². The molecule has 6 rings (SSSR count). The number of carbonyl (C=O) groups is 1. The number of carbonyl (C=O) groups excluding carboxylic acids is 1. The van der Waals surface area contributed by atoms with Crippen molar-refractivity contribution in [2.45, 2.75) is 6.42 Å². The van der Waals surface area contributed by atoms with Gasteiger partial charge in [0, 0.05) is 29.3 Å². The summed E-state index contributed by atoms with van der Waals surface area (Å²) in [5, 5.41) is 19.3. The second-order valence-corrected chi connectivity index (χ2v) is 9.16. The summed E-state index contributed by atoms with van der Waals surface area (Å²) >= 11 is 0. The highest BCUT2D eigenvalue weighted by atomic mass is 16.6. The smallest absolute Gasteiger partial charge is 0.287 e. The molecule has 3 aromatic carbocycles. The molecule has 0 saturated heterocycles. The first kappa shape index (κ1) is 24.7. The Morgan fingerprint density at radius 2 is 1.55 bits per heavy atom. The fraction of sp³-hybridized carbons (Fsp3) is 0.0645. The van der Waals surface area contributed by atoms with Gasteiger partial charge in [-0.2, -0.15) is 9.78 Å². The number of nitrogens with one attached hydrogen (secondary N) is 1. The standard InChI is InChI=1S/C31H23N5O4/c1-40-24-15-12-21(13-16-24)28-25(33-27-17-14-23(19-32-27)36(38)39)18-26-29(20-8-4-2-5-9-20)30(34-35(26)31(28)37)22-10-6-3-7-11-22/h2-17,19H,18H2,1H3,(H,32,33). The van der Waals surface area contributed by atoms with Crippen LogP contribution in [-0.2, 0) is 6.42 Å². The predicted octanol–water partition coefficient (Wildman–Crippen LogP) is 6.25. The number of nitrogens with zero attached hydrogens (tertiary/aromatic N) is 4. The highest BCUT2D eigenvalue weighted by Crippen LogP contribution is 2.40. The van der Waals surface area contributed by atoms with E-state index in [2.05, 4.69) is 10.3 Å². The molecule has 0 bridgehead atoms. The summed E-state index contributed by atoms with van der Waals surface area (Å²) in [6.07, 6.45) is 1.53. The van der Waals surface area contributed by atoms with Crippen LogP contribution in [0.5, 0.6) is 5.75 Å². The Hall–Kier alpha value is -5.57. The molecule has 1 aliphatic rings. The predicted molar refractivity (Wildman–Crippen MR) is 152 cm³/mol. The van der Waals surface area contributed by atoms with E-state index in [1.165, 1.54) is 23.0 Å². The lowest BCUT2D eigenvalue weighted by Gasteiger charge is -2.23. The molecule has 0 saturated carbocycles. The Kier molecular flexibility index (Phi) is 6.37. The van der Waals surface area contributed by atoms with Crippen molar-refractivity contribution in [3.05, 3.63) is 130 Å². The zero-order valence-electron chi connectivity index (χ0n) is 21.4. The first-order valence-corrected chi connectivity index (χ1v) is 12.6. The Bertz CT molecular complexity index is 1740. The summed E-state index contributed by atoms with van der Waals surface area (Å²) in [5.41, 5.74) is 5.74. The molecule has 9 heteroatoms. The number of fused-ring (bicyclic) bond motifs is 1. The van der Waals surface area contributed by atoms with Crippen LogP contribution in [-0.4, -0.2) is 32.7 Å². The number of nitro groups is 1. The van der Waals surface area contributed by atoms with Gasteiger partial charge >= 0.3 is 0 Å². The van der Waals surface area contributed by atoms with Gasteiger partial charge in [-0.3, -0.25) is 14.9 Å². The van der Waals surface area contributed by atoms with E-state index in [-0.39, 0.29) is 11.6 Å². The van der Waals surface area contributed by atoms with Gasteiger partial charge in [-0.25, -0.2) is 4.98 Å². The van der Waals surface area contributed by atoms with Crippen LogP contribution in [0, 0.1) is 10.1 Å². The summed E-state index contributed by atoms with van der Waals surface area (Å²) in [6, 6.07) is 29.8. The van der Waals surface area contributed by atoms with Crippen molar-refractivity contribution in [2.24, 2.45) is 0 Å². The molecule has 0 radical (unpaired) electrons. The molecule has 0 unspecified atom stereocenters. The summed E-state index contributed by atoms with van der Waals surface area (Å²) < 4.78 is 6.80. The van der Waals surface area contributed by atoms with Gasteiger partial charge in [0.1, 0.15) is 23.5 Å². The molecule has 0 amide bonds. The zero-order valence-corrected chi connectivity index (χ0v) is 21.4. The third-order valence-electron chi connectivity index (χ3n) is 6.76. The maximum atomic E-state index is 14.2. The van der Waals surface area contributed by atoms with E-state index in [1.807, 2.05) is 72.8 Å². The van der Waals surface area contributed by atoms with Gasteiger partial charge in [0.2, 0.25) is 0 Å². The minimum absolute atomic E-state index is 0.119. The van der Waals surface area contributed by atoms with Gasteiger partial charge in [0.05, 0.1) is 23.3 Å². The quantitative estimate of drug-likeness (QED) is 0.196. The fourth-order valence-electron chi connectivity index (χ4n) is 4.87. The number of benzene rings is 3. The maximum absolute atomic E-state index is 14.2. The average Bonchev–Trinajstić information content (AvgIpc) is 3.38. The van der Waals surface area contributed by atoms with Gasteiger partial charge in [-0.1, -0.05) is 72.8 Å². The Morgan fingerprint density at radius 1 is 0.875 bits per heavy atom. The van der Waals surface area contributed by atoms with Crippen LogP contribution in [0.1, 0.15) is 16.1 Å². The SMILES string of the molecule is COc1ccc(C2=C(Nc3ccc([N+](=O)[O-])cn3)Cc3c(-c4ccccc4)c(-c4ccccc4)nn3C2=O)cc1. The molecule has 9 nitrogen and oxygen atoms in total. The molecule has 0 fully saturated rings. The van der Waals surface area contributed by atoms with Crippen molar-refractivity contribution in [2.75, 3.05) is 12.4 Å². The van der Waals surface area contributed by atoms with Crippen molar-refractivity contribution in [1.82, 2.24) is 14.8 Å². The van der Waals surface area contributed by atoms with E-state index in [1.54, 1.807) is 19.2 Å². The monoisotopic (exact) mass is 529 g/mol. The highest BCUT2D eigenvalue weighted by Gasteiger charge is 2.33. The van der Waals surface area contributed by atoms with Gasteiger partial charge in [-0.05, 0) is 29.3 Å². The lowest BCUT2D eigenvalue weighted by Crippen LogP contribution is -2.26. The number of aromatic nitrogens is 3. The minimum atomic E-state index is -0.501. The molecule has 40 heavy (non-hydrogen) atoms. The van der Waals surface area contributed by atoms with Crippen LogP contribution >= 0.6 is 0 Å². The normalized spacial score (nSPS) is 12.7. The molecule has 1 N–H and O–H groups in total. The summed E-state index contributed by atoms with van der Waals surface area (Å²) in [7, 11) is 1.58. The number of anilines is 1. The molecule has 3 heterocycles. The largest absolute Gasteiger partial charge is 0.497 e. The highest BCUT2D eigenvalue weighted by molar-refractivity contribution is 6.23. The number of pyridine rings is 1. The molecule has 0 spiro atoms. The third-order valence-corrected chi connectivity index (χ3v) is 6.76. The van der Waals surface area contributed by atoms with E-state index >= 15 is 0 Å². The topological polar surface area (TPSA) is 112 Å². The Morgan fingerprint density at radius 3 is 2.15 bits per heavy atom. The molecule has 1 aliphatic heterocycles. The summed E-state index contributed by atoms with van der Waals surface area (Å²) in [5.74, 6) is 0.753. The average molecular weight is 530 g/mol. The molecule has 0 atom stereocenters. The number of hydrogen-bond donors (Lipinski definition) is 1. The minimum Gasteiger partial charge on any atom is -0.497 e. The van der Waals surface area contributed by atoms with E-state index in [4.69, 9.17) is 9.84 Å². The van der Waals surface area contributed by atoms with E-state index in [9.17, 15) is 14.9 Å². The van der Waals surface area contributed by atoms with Crippen molar-refractivity contribution in [3.8, 4) is 28.1 Å². The zero-order chi connectivity index (χ0) is 27.6. The van der Waals surface area contributed by atoms with Crippen LogP contribution in [0.4, 0.5) is 11.5 Å². The van der Waals surface area contributed by atoms with Gasteiger partial charge < -0.3 is 10.1 Å². The second kappa shape index (κ2) is 10.3. The number of methoxy groups -OCH3 is 1. The van der Waals surface area contributed by atoms with Gasteiger partial charge in [0.25, 0.3) is 11.6 Å². The number of ether oxygens (including phenoxy) is 1. The first-order chi connectivity index (χ1) is 19.5. The molecular weight excluding hydrogens is 506 g/mol. The molecular formula is C31H23N5O4. The molecule has 5 aromatic rings. The molecule has 196 valence electrons. The van der Waals surface area contributed by atoms with Crippen LogP contribution in [0.15, 0.2) is 109 Å². The van der Waals surface area contributed by atoms with Crippen molar-refractivity contribution in [1.29, 1.82) is 0 Å². The number of allylic oxidation sites excluding steroid dienone is 2. The number of rotatable bonds is 7. The van der Waals surface area contributed by atoms with Gasteiger partial charge in [0.15, 0.2) is 0 Å². The maximum Gasteiger partial charge on any atom is 0.287 e. The second-order valence-electron chi connectivity index (χ2n) is 9.16. The molecule has 0 aliphatic carbocycles. The Labute approximate surface area is 229 Å². The molecule has 2 aromatic heterocycles. The van der Waals surface area contributed by atoms with Crippen LogP contribution in [0.2, 0.25) is 0 Å². The fourth-order valence-corrected chi connectivity index (χ4v) is 4.87. The van der Waals surface area contributed by atoms with E-state index < -0.39 is 4.92 Å². The van der Waals surface area contributed by atoms with E-state index in [0.717, 1.165) is 22.4 Å². The van der Waals surface area contributed by atoms with Crippen LogP contribution in [0.3, 0.4) is 0 Å². The van der Waals surface area contributed by atoms with Crippen LogP contribution < -0.4 is 10.1 Å². The van der Waals surface area contributed by atoms with Crippen molar-refractivity contribution < 1.29 is 14.5 Å². The van der Waals surface area contributed by atoms with Crippen molar-refractivity contribution >= 4 is 23.0 Å². The first-order valence-electron chi connectivity index (χ1n) is 12.6. The summed E-state index contributed by atoms with van der Waals surface area (Å²) in [4.78, 5) is 29.1. The third kappa shape index (κ3) is 4.49. The lowest BCUT2D eigenvalue weighted by atomic mass is 9.92. The van der Waals surface area contributed by atoms with Gasteiger partial charge in [-0.15, -0.1) is 0 Å². The van der Waals surface area contributed by atoms with Crippen LogP contribution in [0.25, 0.3) is 28.0 Å².